The standard InChI is InChI=1S/C51H102NO12P/c1-3-5-7-9-11-13-15-17-19-20-21-22-23-24-25-27-29-31-33-35-37-39-44(54)43(41-63-65(61,62)64-51-49(59)47(57)46(56)48(58)50(51)60)52-45(55)40-42(53)38-36-34-32-30-28-26-18-16-14-12-10-8-6-4-2/h42-44,46-51,53-54,56-60H,3-41H2,1-2H3,(H,52,55)(H,61,62). The molecule has 0 aromatic rings. The van der Waals surface area contributed by atoms with Gasteiger partial charge in [-0.25, -0.2) is 4.57 Å². The van der Waals surface area contributed by atoms with Crippen LogP contribution in [-0.2, 0) is 18.4 Å². The molecule has 1 aliphatic carbocycles. The lowest BCUT2D eigenvalue weighted by atomic mass is 9.85. The van der Waals surface area contributed by atoms with E-state index in [9.17, 15) is 50.0 Å². The molecule has 0 heterocycles. The van der Waals surface area contributed by atoms with E-state index < -0.39 is 75.2 Å². The second-order valence-electron chi connectivity index (χ2n) is 19.6. The number of phosphoric acid groups is 1. The average molecular weight is 952 g/mol. The van der Waals surface area contributed by atoms with Gasteiger partial charge in [-0.3, -0.25) is 13.8 Å². The van der Waals surface area contributed by atoms with Crippen LogP contribution in [0.15, 0.2) is 0 Å². The highest BCUT2D eigenvalue weighted by molar-refractivity contribution is 7.47. The zero-order chi connectivity index (χ0) is 48.0. The van der Waals surface area contributed by atoms with E-state index in [-0.39, 0.29) is 12.8 Å². The lowest BCUT2D eigenvalue weighted by Gasteiger charge is -2.41. The maximum Gasteiger partial charge on any atom is 0.472 e. The number of hydrogen-bond acceptors (Lipinski definition) is 11. The second kappa shape index (κ2) is 41.1. The molecular weight excluding hydrogens is 850 g/mol. The third kappa shape index (κ3) is 32.7. The maximum absolute atomic E-state index is 13.1. The summed E-state index contributed by atoms with van der Waals surface area (Å²) in [6.45, 7) is 3.83. The van der Waals surface area contributed by atoms with Crippen LogP contribution in [0.2, 0.25) is 0 Å². The zero-order valence-electron chi connectivity index (χ0n) is 41.4. The van der Waals surface area contributed by atoms with Gasteiger partial charge in [-0.15, -0.1) is 0 Å². The molecule has 0 aromatic heterocycles. The fourth-order valence-corrected chi connectivity index (χ4v) is 10.0. The van der Waals surface area contributed by atoms with Gasteiger partial charge in [-0.05, 0) is 12.8 Å². The van der Waals surface area contributed by atoms with Crippen molar-refractivity contribution in [1.82, 2.24) is 5.32 Å². The summed E-state index contributed by atoms with van der Waals surface area (Å²) in [5.41, 5.74) is 0. The Bertz CT molecular complexity index is 1120. The van der Waals surface area contributed by atoms with E-state index >= 15 is 0 Å². The highest BCUT2D eigenvalue weighted by Gasteiger charge is 2.51. The van der Waals surface area contributed by atoms with Crippen molar-refractivity contribution >= 4 is 13.7 Å². The third-order valence-electron chi connectivity index (χ3n) is 13.5. The van der Waals surface area contributed by atoms with Gasteiger partial charge >= 0.3 is 7.82 Å². The Morgan fingerprint density at radius 3 is 1.11 bits per heavy atom. The molecular formula is C51H102NO12P. The number of amides is 1. The van der Waals surface area contributed by atoms with Crippen LogP contribution < -0.4 is 5.32 Å². The summed E-state index contributed by atoms with van der Waals surface area (Å²) in [6.07, 6.45) is 30.0. The van der Waals surface area contributed by atoms with Crippen molar-refractivity contribution in [1.29, 1.82) is 0 Å². The molecule has 1 amide bonds. The summed E-state index contributed by atoms with van der Waals surface area (Å²) in [6, 6.07) is -1.15. The van der Waals surface area contributed by atoms with Crippen LogP contribution >= 0.6 is 7.82 Å². The van der Waals surface area contributed by atoms with E-state index in [1.54, 1.807) is 0 Å². The van der Waals surface area contributed by atoms with Gasteiger partial charge < -0.3 is 46.0 Å². The quantitative estimate of drug-likeness (QED) is 0.0205. The Hall–Kier alpha value is -0.700. The molecule has 1 aliphatic rings. The van der Waals surface area contributed by atoms with E-state index in [1.165, 1.54) is 173 Å². The molecule has 0 aliphatic heterocycles. The molecule has 0 radical (unpaired) electrons. The van der Waals surface area contributed by atoms with Crippen molar-refractivity contribution in [3.8, 4) is 0 Å². The number of aliphatic hydroxyl groups is 7. The first-order valence-electron chi connectivity index (χ1n) is 27.1. The van der Waals surface area contributed by atoms with Gasteiger partial charge in [0.2, 0.25) is 5.91 Å². The lowest BCUT2D eigenvalue weighted by molar-refractivity contribution is -0.220. The Labute approximate surface area is 396 Å². The fraction of sp³-hybridized carbons (Fsp3) is 0.980. The van der Waals surface area contributed by atoms with E-state index in [1.807, 2.05) is 0 Å². The molecule has 0 spiro atoms. The number of aliphatic hydroxyl groups excluding tert-OH is 7. The molecule has 0 aromatic carbocycles. The van der Waals surface area contributed by atoms with Crippen molar-refractivity contribution in [2.45, 2.75) is 313 Å². The molecule has 9 N–H and O–H groups in total. The van der Waals surface area contributed by atoms with E-state index in [4.69, 9.17) is 9.05 Å². The number of carbonyl (C=O) groups is 1. The van der Waals surface area contributed by atoms with Crippen LogP contribution in [0.4, 0.5) is 0 Å². The zero-order valence-corrected chi connectivity index (χ0v) is 42.3. The predicted molar refractivity (Wildman–Crippen MR) is 261 cm³/mol. The van der Waals surface area contributed by atoms with Crippen molar-refractivity contribution in [2.24, 2.45) is 0 Å². The number of unbranched alkanes of at least 4 members (excludes halogenated alkanes) is 33. The number of phosphoric ester groups is 1. The van der Waals surface area contributed by atoms with Crippen LogP contribution in [0.3, 0.4) is 0 Å². The Morgan fingerprint density at radius 1 is 0.477 bits per heavy atom. The summed E-state index contributed by atoms with van der Waals surface area (Å²) >= 11 is 0. The van der Waals surface area contributed by atoms with Crippen LogP contribution in [0.5, 0.6) is 0 Å². The minimum absolute atomic E-state index is 0.215. The minimum atomic E-state index is -5.12. The van der Waals surface area contributed by atoms with Crippen molar-refractivity contribution < 1.29 is 59.0 Å². The average Bonchev–Trinajstić information content (AvgIpc) is 3.28. The summed E-state index contributed by atoms with van der Waals surface area (Å²) in [4.78, 5) is 23.6. The molecule has 1 fully saturated rings. The van der Waals surface area contributed by atoms with Crippen molar-refractivity contribution in [2.75, 3.05) is 6.61 Å². The minimum Gasteiger partial charge on any atom is -0.393 e. The summed E-state index contributed by atoms with van der Waals surface area (Å²) in [5.74, 6) is -0.554. The molecule has 1 saturated carbocycles. The van der Waals surface area contributed by atoms with Gasteiger partial charge in [-0.1, -0.05) is 239 Å². The van der Waals surface area contributed by atoms with Crippen molar-refractivity contribution in [3.05, 3.63) is 0 Å². The first-order valence-corrected chi connectivity index (χ1v) is 28.6. The first kappa shape index (κ1) is 62.3. The molecule has 0 bridgehead atoms. The van der Waals surface area contributed by atoms with Gasteiger partial charge in [0, 0.05) is 0 Å². The number of nitrogens with one attached hydrogen (secondary N) is 1. The van der Waals surface area contributed by atoms with Crippen LogP contribution in [-0.4, -0.2) is 108 Å². The Balaban J connectivity index is 2.42. The number of carbonyl (C=O) groups excluding carboxylic acids is 1. The fourth-order valence-electron chi connectivity index (χ4n) is 9.07. The summed E-state index contributed by atoms with van der Waals surface area (Å²) in [5, 5.41) is 74.9. The highest BCUT2D eigenvalue weighted by atomic mass is 31.2. The smallest absolute Gasteiger partial charge is 0.393 e. The maximum atomic E-state index is 13.1. The molecule has 65 heavy (non-hydrogen) atoms. The van der Waals surface area contributed by atoms with Crippen LogP contribution in [0.1, 0.15) is 258 Å². The molecule has 8 atom stereocenters. The Kier molecular flexibility index (Phi) is 39.4. The Morgan fingerprint density at radius 2 is 0.769 bits per heavy atom. The van der Waals surface area contributed by atoms with Crippen LogP contribution in [0, 0.1) is 0 Å². The molecule has 1 rings (SSSR count). The second-order valence-corrected chi connectivity index (χ2v) is 21.0. The molecule has 8 unspecified atom stereocenters. The first-order chi connectivity index (χ1) is 31.3. The number of hydrogen-bond donors (Lipinski definition) is 9. The normalized spacial score (nSPS) is 22.4. The predicted octanol–water partition coefficient (Wildman–Crippen LogP) is 10.4. The van der Waals surface area contributed by atoms with E-state index in [2.05, 4.69) is 19.2 Å². The largest absolute Gasteiger partial charge is 0.472 e. The van der Waals surface area contributed by atoms with E-state index in [0.29, 0.717) is 12.8 Å². The van der Waals surface area contributed by atoms with Gasteiger partial charge in [-0.2, -0.15) is 0 Å². The topological polar surface area (TPSA) is 226 Å². The molecule has 13 nitrogen and oxygen atoms in total. The highest BCUT2D eigenvalue weighted by Crippen LogP contribution is 2.47. The van der Waals surface area contributed by atoms with Gasteiger partial charge in [0.15, 0.2) is 0 Å². The lowest BCUT2D eigenvalue weighted by Crippen LogP contribution is -2.64. The molecule has 14 heteroatoms. The van der Waals surface area contributed by atoms with Gasteiger partial charge in [0.1, 0.15) is 36.6 Å². The molecule has 0 saturated heterocycles. The number of rotatable bonds is 46. The third-order valence-corrected chi connectivity index (χ3v) is 14.5. The van der Waals surface area contributed by atoms with Gasteiger partial charge in [0.05, 0.1) is 31.3 Å². The van der Waals surface area contributed by atoms with Gasteiger partial charge in [0.25, 0.3) is 0 Å². The molecule has 388 valence electrons. The monoisotopic (exact) mass is 952 g/mol. The van der Waals surface area contributed by atoms with E-state index in [0.717, 1.165) is 44.9 Å². The van der Waals surface area contributed by atoms with Crippen molar-refractivity contribution in [3.63, 3.8) is 0 Å². The summed E-state index contributed by atoms with van der Waals surface area (Å²) < 4.78 is 23.0. The van der Waals surface area contributed by atoms with Crippen LogP contribution in [0.25, 0.3) is 0 Å². The SMILES string of the molecule is CCCCCCCCCCCCCCCCCCCCCCCC(O)C(COP(=O)(O)OC1C(O)C(O)C(O)C(O)C1O)NC(=O)CC(O)CCCCCCCCCCCCCCCC. The summed E-state index contributed by atoms with van der Waals surface area (Å²) in [7, 11) is -5.12.